The van der Waals surface area contributed by atoms with Crippen LogP contribution in [0.25, 0.3) is 16.6 Å². The molecule has 1 saturated carbocycles. The zero-order chi connectivity index (χ0) is 13.5. The standard InChI is InChI=1S/C15H11N3O2/c19-11-5-9-8-1-2-10-13(17-18-16-10)12(8)14(20)15(9)4-3-7(11)6-15/h1-2,5,7H,3-4,6H2,(H,16,17,18). The maximum absolute atomic E-state index is 13.0. The van der Waals surface area contributed by atoms with E-state index in [1.54, 1.807) is 6.08 Å². The fourth-order valence-corrected chi connectivity index (χ4v) is 4.20. The Bertz CT molecular complexity index is 848. The highest BCUT2D eigenvalue weighted by Crippen LogP contribution is 2.60. The van der Waals surface area contributed by atoms with Gasteiger partial charge in [0.15, 0.2) is 11.6 Å². The van der Waals surface area contributed by atoms with Crippen molar-refractivity contribution in [3.63, 3.8) is 0 Å². The molecule has 3 aliphatic carbocycles. The number of ketones is 2. The number of Topliss-reactive ketones (excluding diaryl/α,β-unsaturated/α-hetero) is 1. The van der Waals surface area contributed by atoms with Gasteiger partial charge in [0.05, 0.1) is 11.0 Å². The molecule has 5 rings (SSSR count). The minimum absolute atomic E-state index is 0.0322. The van der Waals surface area contributed by atoms with Crippen molar-refractivity contribution in [3.8, 4) is 0 Å². The molecule has 2 atom stereocenters. The Morgan fingerprint density at radius 2 is 2.15 bits per heavy atom. The maximum Gasteiger partial charge on any atom is 0.176 e. The number of hydrogen-bond acceptors (Lipinski definition) is 4. The van der Waals surface area contributed by atoms with Gasteiger partial charge in [0.2, 0.25) is 0 Å². The predicted molar refractivity (Wildman–Crippen MR) is 71.0 cm³/mol. The number of carbonyl (C=O) groups excluding carboxylic acids is 2. The second-order valence-electron chi connectivity index (χ2n) is 5.99. The topological polar surface area (TPSA) is 75.7 Å². The molecule has 98 valence electrons. The Balaban J connectivity index is 1.91. The average molecular weight is 265 g/mol. The van der Waals surface area contributed by atoms with Gasteiger partial charge in [-0.25, -0.2) is 0 Å². The molecular formula is C15H11N3O2. The number of rotatable bonds is 0. The molecule has 0 saturated heterocycles. The monoisotopic (exact) mass is 265 g/mol. The summed E-state index contributed by atoms with van der Waals surface area (Å²) < 4.78 is 0. The summed E-state index contributed by atoms with van der Waals surface area (Å²) in [5.41, 5.74) is 3.32. The van der Waals surface area contributed by atoms with Gasteiger partial charge in [-0.05, 0) is 42.5 Å². The van der Waals surface area contributed by atoms with Crippen molar-refractivity contribution in [2.75, 3.05) is 0 Å². The number of nitrogens with one attached hydrogen (secondary N) is 1. The fraction of sp³-hybridized carbons (Fsp3) is 0.333. The molecule has 1 aromatic heterocycles. The predicted octanol–water partition coefficient (Wildman–Crippen LogP) is 1.91. The van der Waals surface area contributed by atoms with Crippen LogP contribution < -0.4 is 0 Å². The van der Waals surface area contributed by atoms with Gasteiger partial charge in [0.25, 0.3) is 0 Å². The number of carbonyl (C=O) groups is 2. The van der Waals surface area contributed by atoms with Crippen molar-refractivity contribution in [2.24, 2.45) is 11.3 Å². The summed E-state index contributed by atoms with van der Waals surface area (Å²) >= 11 is 0. The smallest absolute Gasteiger partial charge is 0.176 e. The van der Waals surface area contributed by atoms with Crippen LogP contribution >= 0.6 is 0 Å². The molecule has 2 unspecified atom stereocenters. The van der Waals surface area contributed by atoms with Crippen LogP contribution in [0.5, 0.6) is 0 Å². The number of aromatic amines is 1. The second kappa shape index (κ2) is 3.06. The Kier molecular flexibility index (Phi) is 1.60. The van der Waals surface area contributed by atoms with E-state index in [0.717, 1.165) is 24.0 Å². The van der Waals surface area contributed by atoms with Crippen molar-refractivity contribution in [2.45, 2.75) is 19.3 Å². The first kappa shape index (κ1) is 10.5. The number of aromatic nitrogens is 3. The molecule has 1 fully saturated rings. The summed E-state index contributed by atoms with van der Waals surface area (Å²) in [6.45, 7) is 0. The van der Waals surface area contributed by atoms with E-state index in [2.05, 4.69) is 15.4 Å². The molecule has 5 heteroatoms. The molecule has 0 radical (unpaired) electrons. The van der Waals surface area contributed by atoms with Crippen molar-refractivity contribution in [1.29, 1.82) is 0 Å². The van der Waals surface area contributed by atoms with Crippen LogP contribution in [-0.4, -0.2) is 27.0 Å². The third kappa shape index (κ3) is 0.952. The Labute approximate surface area is 114 Å². The van der Waals surface area contributed by atoms with Crippen LogP contribution in [0.4, 0.5) is 0 Å². The summed E-state index contributed by atoms with van der Waals surface area (Å²) in [7, 11) is 0. The summed E-state index contributed by atoms with van der Waals surface area (Å²) in [5, 5.41) is 10.8. The minimum atomic E-state index is -0.464. The highest BCUT2D eigenvalue weighted by atomic mass is 16.1. The lowest BCUT2D eigenvalue weighted by Crippen LogP contribution is -2.28. The largest absolute Gasteiger partial charge is 0.295 e. The fourth-order valence-electron chi connectivity index (χ4n) is 4.20. The van der Waals surface area contributed by atoms with Crippen molar-refractivity contribution in [1.82, 2.24) is 15.4 Å². The van der Waals surface area contributed by atoms with E-state index in [0.29, 0.717) is 23.0 Å². The number of benzene rings is 1. The third-order valence-electron chi connectivity index (χ3n) is 5.16. The number of hydrogen-bond donors (Lipinski definition) is 1. The van der Waals surface area contributed by atoms with Gasteiger partial charge in [0, 0.05) is 5.92 Å². The van der Waals surface area contributed by atoms with E-state index in [9.17, 15) is 9.59 Å². The van der Waals surface area contributed by atoms with Crippen molar-refractivity contribution >= 4 is 28.2 Å². The van der Waals surface area contributed by atoms with E-state index in [1.165, 1.54) is 0 Å². The van der Waals surface area contributed by atoms with Crippen LogP contribution in [0.15, 0.2) is 18.2 Å². The van der Waals surface area contributed by atoms with E-state index in [4.69, 9.17) is 0 Å². The molecule has 0 amide bonds. The molecule has 1 aromatic carbocycles. The highest BCUT2D eigenvalue weighted by Gasteiger charge is 2.57. The molecule has 1 heterocycles. The SMILES string of the molecule is O=C1C=C2c3ccc4n[nH]nc4c3C(=O)C23CCC1C3. The minimum Gasteiger partial charge on any atom is -0.295 e. The van der Waals surface area contributed by atoms with Gasteiger partial charge in [-0.2, -0.15) is 15.4 Å². The molecule has 2 bridgehead atoms. The summed E-state index contributed by atoms with van der Waals surface area (Å²) in [5.74, 6) is 0.340. The van der Waals surface area contributed by atoms with Crippen LogP contribution in [-0.2, 0) is 4.79 Å². The van der Waals surface area contributed by atoms with Crippen molar-refractivity contribution in [3.05, 3.63) is 29.3 Å². The molecule has 20 heavy (non-hydrogen) atoms. The van der Waals surface area contributed by atoms with E-state index in [-0.39, 0.29) is 17.5 Å². The average Bonchev–Trinajstić information content (AvgIpc) is 3.11. The highest BCUT2D eigenvalue weighted by molar-refractivity contribution is 6.25. The molecular weight excluding hydrogens is 254 g/mol. The number of fused-ring (bicyclic) bond motifs is 5. The van der Waals surface area contributed by atoms with Crippen molar-refractivity contribution < 1.29 is 9.59 Å². The van der Waals surface area contributed by atoms with Gasteiger partial charge < -0.3 is 0 Å². The van der Waals surface area contributed by atoms with Crippen LogP contribution in [0, 0.1) is 11.3 Å². The molecule has 0 aliphatic heterocycles. The molecule has 1 spiro atoms. The Morgan fingerprint density at radius 1 is 1.25 bits per heavy atom. The maximum atomic E-state index is 13.0. The van der Waals surface area contributed by atoms with Crippen LogP contribution in [0.1, 0.15) is 35.2 Å². The lowest BCUT2D eigenvalue weighted by atomic mass is 9.74. The first-order valence-electron chi connectivity index (χ1n) is 6.85. The van der Waals surface area contributed by atoms with Gasteiger partial charge in [-0.1, -0.05) is 6.07 Å². The lowest BCUT2D eigenvalue weighted by molar-refractivity contribution is -0.118. The zero-order valence-electron chi connectivity index (χ0n) is 10.6. The Hall–Kier alpha value is -2.30. The normalized spacial score (nSPS) is 30.6. The second-order valence-corrected chi connectivity index (χ2v) is 5.99. The van der Waals surface area contributed by atoms with Crippen LogP contribution in [0.2, 0.25) is 0 Å². The van der Waals surface area contributed by atoms with Gasteiger partial charge >= 0.3 is 0 Å². The van der Waals surface area contributed by atoms with Gasteiger partial charge in [-0.15, -0.1) is 0 Å². The first-order chi connectivity index (χ1) is 9.71. The number of allylic oxidation sites excluding steroid dienone is 2. The van der Waals surface area contributed by atoms with Gasteiger partial charge in [-0.3, -0.25) is 9.59 Å². The third-order valence-corrected chi connectivity index (χ3v) is 5.16. The van der Waals surface area contributed by atoms with E-state index in [1.807, 2.05) is 12.1 Å². The Morgan fingerprint density at radius 3 is 3.05 bits per heavy atom. The van der Waals surface area contributed by atoms with Gasteiger partial charge in [0.1, 0.15) is 11.0 Å². The van der Waals surface area contributed by atoms with E-state index < -0.39 is 5.41 Å². The summed E-state index contributed by atoms with van der Waals surface area (Å²) in [4.78, 5) is 25.1. The van der Waals surface area contributed by atoms with E-state index >= 15 is 0 Å². The summed E-state index contributed by atoms with van der Waals surface area (Å²) in [6.07, 6.45) is 3.98. The molecule has 5 nitrogen and oxygen atoms in total. The molecule has 2 aromatic rings. The number of nitrogens with zero attached hydrogens (tertiary/aromatic N) is 2. The zero-order valence-corrected chi connectivity index (χ0v) is 10.6. The molecule has 3 aliphatic rings. The van der Waals surface area contributed by atoms with Crippen LogP contribution in [0.3, 0.4) is 0 Å². The first-order valence-corrected chi connectivity index (χ1v) is 6.85. The molecule has 1 N–H and O–H groups in total. The summed E-state index contributed by atoms with van der Waals surface area (Å²) in [6, 6.07) is 3.76. The quantitative estimate of drug-likeness (QED) is 0.789. The lowest BCUT2D eigenvalue weighted by Gasteiger charge is -2.27. The number of H-pyrrole nitrogens is 1.